The molecule has 2 rings (SSSR count). The average molecular weight is 270 g/mol. The molecule has 2 heterocycles. The van der Waals surface area contributed by atoms with Gasteiger partial charge in [-0.05, 0) is 24.7 Å². The Morgan fingerprint density at radius 3 is 2.79 bits per heavy atom. The first-order valence-corrected chi connectivity index (χ1v) is 6.91. The van der Waals surface area contributed by atoms with Crippen molar-refractivity contribution in [2.75, 3.05) is 32.8 Å². The molecule has 0 saturated carbocycles. The van der Waals surface area contributed by atoms with E-state index < -0.39 is 11.9 Å². The van der Waals surface area contributed by atoms with Crippen LogP contribution >= 0.6 is 0 Å². The molecule has 3 atom stereocenters. The lowest BCUT2D eigenvalue weighted by Crippen LogP contribution is -2.39. The minimum absolute atomic E-state index is 0.0199. The van der Waals surface area contributed by atoms with Crippen molar-refractivity contribution < 1.29 is 19.4 Å². The molecule has 2 fully saturated rings. The summed E-state index contributed by atoms with van der Waals surface area (Å²) in [4.78, 5) is 24.5. The molecule has 3 unspecified atom stereocenters. The van der Waals surface area contributed by atoms with Gasteiger partial charge < -0.3 is 20.1 Å². The number of ether oxygens (including phenoxy) is 1. The summed E-state index contributed by atoms with van der Waals surface area (Å²) in [6.45, 7) is 4.96. The number of carbonyl (C=O) groups is 2. The van der Waals surface area contributed by atoms with Gasteiger partial charge in [-0.1, -0.05) is 6.92 Å². The standard InChI is InChI=1S/C13H22N2O4/c1-9-6-15(7-11(9)12(16)17)13(18)14-4-2-10-3-5-19-8-10/h9-11H,2-8H2,1H3,(H,14,18)(H,16,17). The number of urea groups is 1. The Balaban J connectivity index is 1.70. The van der Waals surface area contributed by atoms with E-state index >= 15 is 0 Å². The second-order valence-electron chi connectivity index (χ2n) is 5.58. The van der Waals surface area contributed by atoms with Gasteiger partial charge in [0.2, 0.25) is 0 Å². The van der Waals surface area contributed by atoms with Gasteiger partial charge in [-0.3, -0.25) is 4.79 Å². The van der Waals surface area contributed by atoms with Gasteiger partial charge in [0.1, 0.15) is 0 Å². The normalized spacial score (nSPS) is 30.6. The number of nitrogens with one attached hydrogen (secondary N) is 1. The minimum Gasteiger partial charge on any atom is -0.481 e. The number of rotatable bonds is 4. The van der Waals surface area contributed by atoms with Crippen LogP contribution in [0.25, 0.3) is 0 Å². The van der Waals surface area contributed by atoms with Crippen molar-refractivity contribution >= 4 is 12.0 Å². The van der Waals surface area contributed by atoms with Crippen LogP contribution in [0.15, 0.2) is 0 Å². The van der Waals surface area contributed by atoms with E-state index in [0.29, 0.717) is 25.6 Å². The Morgan fingerprint density at radius 1 is 1.42 bits per heavy atom. The molecule has 6 nitrogen and oxygen atoms in total. The summed E-state index contributed by atoms with van der Waals surface area (Å²) in [5.74, 6) is -0.684. The fourth-order valence-electron chi connectivity index (χ4n) is 2.76. The number of nitrogens with zero attached hydrogens (tertiary/aromatic N) is 1. The smallest absolute Gasteiger partial charge is 0.317 e. The monoisotopic (exact) mass is 270 g/mol. The van der Waals surface area contributed by atoms with Crippen molar-refractivity contribution in [2.24, 2.45) is 17.8 Å². The molecule has 0 spiro atoms. The number of hydrogen-bond donors (Lipinski definition) is 2. The van der Waals surface area contributed by atoms with Gasteiger partial charge in [0.25, 0.3) is 0 Å². The molecule has 0 aliphatic carbocycles. The Bertz CT molecular complexity index is 342. The van der Waals surface area contributed by atoms with Crippen LogP contribution in [0.1, 0.15) is 19.8 Å². The van der Waals surface area contributed by atoms with Crippen molar-refractivity contribution in [3.63, 3.8) is 0 Å². The van der Waals surface area contributed by atoms with E-state index in [4.69, 9.17) is 9.84 Å². The van der Waals surface area contributed by atoms with Gasteiger partial charge in [-0.15, -0.1) is 0 Å². The first kappa shape index (κ1) is 14.1. The molecule has 0 aromatic rings. The van der Waals surface area contributed by atoms with Crippen LogP contribution in [-0.2, 0) is 9.53 Å². The maximum Gasteiger partial charge on any atom is 0.317 e. The molecule has 19 heavy (non-hydrogen) atoms. The first-order valence-electron chi connectivity index (χ1n) is 6.91. The topological polar surface area (TPSA) is 78.9 Å². The Labute approximate surface area is 113 Å². The quantitative estimate of drug-likeness (QED) is 0.791. The Morgan fingerprint density at radius 2 is 2.21 bits per heavy atom. The summed E-state index contributed by atoms with van der Waals surface area (Å²) in [6.07, 6.45) is 2.00. The van der Waals surface area contributed by atoms with E-state index in [1.54, 1.807) is 4.90 Å². The summed E-state index contributed by atoms with van der Waals surface area (Å²) in [5, 5.41) is 11.9. The summed E-state index contributed by atoms with van der Waals surface area (Å²) in [7, 11) is 0. The largest absolute Gasteiger partial charge is 0.481 e. The number of hydrogen-bond acceptors (Lipinski definition) is 3. The van der Waals surface area contributed by atoms with Crippen LogP contribution in [0, 0.1) is 17.8 Å². The van der Waals surface area contributed by atoms with Gasteiger partial charge in [0.15, 0.2) is 0 Å². The van der Waals surface area contributed by atoms with Crippen LogP contribution in [-0.4, -0.2) is 54.9 Å². The highest BCUT2D eigenvalue weighted by atomic mass is 16.5. The highest BCUT2D eigenvalue weighted by Crippen LogP contribution is 2.23. The van der Waals surface area contributed by atoms with Gasteiger partial charge in [0.05, 0.1) is 5.92 Å². The molecule has 2 N–H and O–H groups in total. The Kier molecular flexibility index (Phi) is 4.63. The zero-order chi connectivity index (χ0) is 13.8. The van der Waals surface area contributed by atoms with Crippen molar-refractivity contribution in [2.45, 2.75) is 19.8 Å². The molecule has 2 aliphatic rings. The molecule has 6 heteroatoms. The summed E-state index contributed by atoms with van der Waals surface area (Å²) < 4.78 is 5.28. The van der Waals surface area contributed by atoms with Gasteiger partial charge in [0, 0.05) is 32.8 Å². The molecule has 2 amide bonds. The molecule has 108 valence electrons. The van der Waals surface area contributed by atoms with Crippen molar-refractivity contribution in [3.8, 4) is 0 Å². The van der Waals surface area contributed by atoms with Crippen molar-refractivity contribution in [3.05, 3.63) is 0 Å². The molecule has 0 radical (unpaired) electrons. The van der Waals surface area contributed by atoms with E-state index in [0.717, 1.165) is 26.1 Å². The van der Waals surface area contributed by atoms with Crippen molar-refractivity contribution in [1.29, 1.82) is 0 Å². The lowest BCUT2D eigenvalue weighted by atomic mass is 9.99. The maximum atomic E-state index is 11.9. The van der Waals surface area contributed by atoms with Crippen LogP contribution < -0.4 is 5.32 Å². The van der Waals surface area contributed by atoms with Crippen LogP contribution in [0.4, 0.5) is 4.79 Å². The fraction of sp³-hybridized carbons (Fsp3) is 0.846. The number of likely N-dealkylation sites (tertiary alicyclic amines) is 1. The third-order valence-corrected chi connectivity index (χ3v) is 4.07. The zero-order valence-electron chi connectivity index (χ0n) is 11.3. The second-order valence-corrected chi connectivity index (χ2v) is 5.58. The predicted molar refractivity (Wildman–Crippen MR) is 68.8 cm³/mol. The second kappa shape index (κ2) is 6.23. The van der Waals surface area contributed by atoms with Crippen LogP contribution in [0.5, 0.6) is 0 Å². The third kappa shape index (κ3) is 3.59. The number of carbonyl (C=O) groups excluding carboxylic acids is 1. The van der Waals surface area contributed by atoms with Gasteiger partial charge in [-0.25, -0.2) is 4.79 Å². The van der Waals surface area contributed by atoms with Crippen LogP contribution in [0.2, 0.25) is 0 Å². The molecule has 0 bridgehead atoms. The predicted octanol–water partition coefficient (Wildman–Crippen LogP) is 0.775. The molecular formula is C13H22N2O4. The Hall–Kier alpha value is -1.30. The number of carboxylic acids is 1. The molecule has 2 aliphatic heterocycles. The maximum absolute atomic E-state index is 11.9. The van der Waals surface area contributed by atoms with E-state index in [1.165, 1.54) is 0 Å². The lowest BCUT2D eigenvalue weighted by molar-refractivity contribution is -0.142. The van der Waals surface area contributed by atoms with Gasteiger partial charge in [-0.2, -0.15) is 0 Å². The van der Waals surface area contributed by atoms with E-state index in [1.807, 2.05) is 6.92 Å². The van der Waals surface area contributed by atoms with Crippen LogP contribution in [0.3, 0.4) is 0 Å². The lowest BCUT2D eigenvalue weighted by Gasteiger charge is -2.17. The number of aliphatic carboxylic acids is 1. The molecular weight excluding hydrogens is 248 g/mol. The molecule has 0 aromatic heterocycles. The number of amides is 2. The van der Waals surface area contributed by atoms with E-state index in [2.05, 4.69) is 5.32 Å². The van der Waals surface area contributed by atoms with Gasteiger partial charge >= 0.3 is 12.0 Å². The summed E-state index contributed by atoms with van der Waals surface area (Å²) in [6, 6.07) is -0.144. The van der Waals surface area contributed by atoms with E-state index in [-0.39, 0.29) is 11.9 Å². The molecule has 0 aromatic carbocycles. The SMILES string of the molecule is CC1CN(C(=O)NCCC2CCOC2)CC1C(=O)O. The minimum atomic E-state index is -0.814. The summed E-state index contributed by atoms with van der Waals surface area (Å²) >= 11 is 0. The average Bonchev–Trinajstić information content (AvgIpc) is 2.98. The number of carboxylic acid groups (broad SMARTS) is 1. The highest BCUT2D eigenvalue weighted by Gasteiger charge is 2.36. The zero-order valence-corrected chi connectivity index (χ0v) is 11.3. The molecule has 2 saturated heterocycles. The first-order chi connectivity index (χ1) is 9.08. The van der Waals surface area contributed by atoms with E-state index in [9.17, 15) is 9.59 Å². The highest BCUT2D eigenvalue weighted by molar-refractivity contribution is 5.77. The fourth-order valence-corrected chi connectivity index (χ4v) is 2.76. The third-order valence-electron chi connectivity index (χ3n) is 4.07. The summed E-state index contributed by atoms with van der Waals surface area (Å²) in [5.41, 5.74) is 0. The van der Waals surface area contributed by atoms with Crippen molar-refractivity contribution in [1.82, 2.24) is 10.2 Å².